The van der Waals surface area contributed by atoms with E-state index in [0.717, 1.165) is 30.0 Å². The van der Waals surface area contributed by atoms with Gasteiger partial charge in [0.25, 0.3) is 0 Å². The number of nitrogens with one attached hydrogen (secondary N) is 1. The van der Waals surface area contributed by atoms with Crippen molar-refractivity contribution in [2.24, 2.45) is 7.05 Å². The van der Waals surface area contributed by atoms with Gasteiger partial charge in [-0.25, -0.2) is 0 Å². The van der Waals surface area contributed by atoms with E-state index in [0.29, 0.717) is 17.7 Å². The molecule has 1 heterocycles. The molecule has 0 saturated carbocycles. The second-order valence-electron chi connectivity index (χ2n) is 5.46. The SMILES string of the molecule is CNC1CCc2c(OCc3c(Cl)c(C)nn3C)cccc21. The number of ether oxygens (including phenoxy) is 1. The summed E-state index contributed by atoms with van der Waals surface area (Å²) in [5, 5.41) is 8.36. The third kappa shape index (κ3) is 2.54. The minimum absolute atomic E-state index is 0.436. The molecule has 0 amide bonds. The molecule has 1 atom stereocenters. The molecular formula is C16H20ClN3O. The highest BCUT2D eigenvalue weighted by Gasteiger charge is 2.24. The van der Waals surface area contributed by atoms with Crippen LogP contribution in [0, 0.1) is 6.92 Å². The van der Waals surface area contributed by atoms with Gasteiger partial charge in [0.15, 0.2) is 0 Å². The lowest BCUT2D eigenvalue weighted by Gasteiger charge is -2.13. The van der Waals surface area contributed by atoms with E-state index in [1.165, 1.54) is 11.1 Å². The summed E-state index contributed by atoms with van der Waals surface area (Å²) in [6.45, 7) is 2.35. The molecule has 5 heteroatoms. The Morgan fingerprint density at radius 1 is 1.48 bits per heavy atom. The number of rotatable bonds is 4. The van der Waals surface area contributed by atoms with Gasteiger partial charge in [0.2, 0.25) is 0 Å². The number of hydrogen-bond donors (Lipinski definition) is 1. The molecule has 21 heavy (non-hydrogen) atoms. The normalized spacial score (nSPS) is 17.0. The van der Waals surface area contributed by atoms with E-state index < -0.39 is 0 Å². The fraction of sp³-hybridized carbons (Fsp3) is 0.438. The minimum atomic E-state index is 0.436. The van der Waals surface area contributed by atoms with Crippen LogP contribution in [0.25, 0.3) is 0 Å². The van der Waals surface area contributed by atoms with Crippen molar-refractivity contribution >= 4 is 11.6 Å². The molecule has 1 aromatic carbocycles. The third-order valence-corrected chi connectivity index (χ3v) is 4.69. The lowest BCUT2D eigenvalue weighted by atomic mass is 10.1. The Morgan fingerprint density at radius 2 is 2.29 bits per heavy atom. The van der Waals surface area contributed by atoms with Crippen molar-refractivity contribution in [3.63, 3.8) is 0 Å². The Bertz CT molecular complexity index is 666. The van der Waals surface area contributed by atoms with Gasteiger partial charge < -0.3 is 10.1 Å². The van der Waals surface area contributed by atoms with Crippen molar-refractivity contribution in [1.29, 1.82) is 0 Å². The molecule has 0 radical (unpaired) electrons. The quantitative estimate of drug-likeness (QED) is 0.943. The second-order valence-corrected chi connectivity index (χ2v) is 5.84. The van der Waals surface area contributed by atoms with Crippen molar-refractivity contribution < 1.29 is 4.74 Å². The number of aryl methyl sites for hydroxylation is 2. The first-order valence-electron chi connectivity index (χ1n) is 7.21. The van der Waals surface area contributed by atoms with Gasteiger partial charge in [-0.1, -0.05) is 23.7 Å². The largest absolute Gasteiger partial charge is 0.487 e. The van der Waals surface area contributed by atoms with Gasteiger partial charge in [-0.15, -0.1) is 0 Å². The summed E-state index contributed by atoms with van der Waals surface area (Å²) < 4.78 is 7.82. The second kappa shape index (κ2) is 5.70. The van der Waals surface area contributed by atoms with Crippen LogP contribution < -0.4 is 10.1 Å². The molecule has 1 N–H and O–H groups in total. The summed E-state index contributed by atoms with van der Waals surface area (Å²) in [5.41, 5.74) is 4.41. The number of fused-ring (bicyclic) bond motifs is 1. The first kappa shape index (κ1) is 14.4. The summed E-state index contributed by atoms with van der Waals surface area (Å²) in [5.74, 6) is 0.958. The average Bonchev–Trinajstić information content (AvgIpc) is 3.00. The monoisotopic (exact) mass is 305 g/mol. The Labute approximate surface area is 130 Å². The zero-order valence-corrected chi connectivity index (χ0v) is 13.4. The maximum absolute atomic E-state index is 6.27. The van der Waals surface area contributed by atoms with E-state index in [1.54, 1.807) is 4.68 Å². The molecule has 112 valence electrons. The van der Waals surface area contributed by atoms with Crippen LogP contribution in [0.5, 0.6) is 5.75 Å². The summed E-state index contributed by atoms with van der Waals surface area (Å²) >= 11 is 6.27. The molecule has 1 aromatic heterocycles. The highest BCUT2D eigenvalue weighted by atomic mass is 35.5. The van der Waals surface area contributed by atoms with Crippen molar-refractivity contribution in [2.75, 3.05) is 7.05 Å². The lowest BCUT2D eigenvalue weighted by Crippen LogP contribution is -2.12. The number of aromatic nitrogens is 2. The highest BCUT2D eigenvalue weighted by molar-refractivity contribution is 6.31. The Balaban J connectivity index is 1.82. The first-order chi connectivity index (χ1) is 10.1. The van der Waals surface area contributed by atoms with Gasteiger partial charge in [-0.2, -0.15) is 5.10 Å². The number of nitrogens with zero attached hydrogens (tertiary/aromatic N) is 2. The molecule has 1 aliphatic carbocycles. The zero-order chi connectivity index (χ0) is 15.0. The Hall–Kier alpha value is -1.52. The van der Waals surface area contributed by atoms with E-state index >= 15 is 0 Å². The number of hydrogen-bond acceptors (Lipinski definition) is 3. The minimum Gasteiger partial charge on any atom is -0.487 e. The summed E-state index contributed by atoms with van der Waals surface area (Å²) in [4.78, 5) is 0. The summed E-state index contributed by atoms with van der Waals surface area (Å²) in [6, 6.07) is 6.71. The van der Waals surface area contributed by atoms with Crippen LogP contribution in [0.3, 0.4) is 0 Å². The fourth-order valence-electron chi connectivity index (χ4n) is 3.04. The van der Waals surface area contributed by atoms with E-state index in [-0.39, 0.29) is 0 Å². The van der Waals surface area contributed by atoms with Gasteiger partial charge in [0.05, 0.1) is 16.4 Å². The Morgan fingerprint density at radius 3 is 2.95 bits per heavy atom. The van der Waals surface area contributed by atoms with E-state index in [9.17, 15) is 0 Å². The highest BCUT2D eigenvalue weighted by Crippen LogP contribution is 2.37. The van der Waals surface area contributed by atoms with Crippen molar-refractivity contribution in [3.05, 3.63) is 45.7 Å². The molecule has 1 unspecified atom stereocenters. The molecule has 0 fully saturated rings. The van der Waals surface area contributed by atoms with Crippen LogP contribution in [-0.2, 0) is 20.1 Å². The molecule has 0 spiro atoms. The van der Waals surface area contributed by atoms with E-state index in [4.69, 9.17) is 16.3 Å². The number of benzene rings is 1. The van der Waals surface area contributed by atoms with E-state index in [1.807, 2.05) is 27.1 Å². The molecule has 1 aliphatic rings. The van der Waals surface area contributed by atoms with E-state index in [2.05, 4.69) is 22.5 Å². The zero-order valence-electron chi connectivity index (χ0n) is 12.6. The van der Waals surface area contributed by atoms with Crippen LogP contribution in [0.15, 0.2) is 18.2 Å². The maximum Gasteiger partial charge on any atom is 0.131 e. The maximum atomic E-state index is 6.27. The predicted octanol–water partition coefficient (Wildman–Crippen LogP) is 3.17. The topological polar surface area (TPSA) is 39.1 Å². The average molecular weight is 306 g/mol. The van der Waals surface area contributed by atoms with Crippen LogP contribution in [0.1, 0.15) is 35.0 Å². The molecule has 3 rings (SSSR count). The van der Waals surface area contributed by atoms with Gasteiger partial charge >= 0.3 is 0 Å². The van der Waals surface area contributed by atoms with Gasteiger partial charge in [-0.05, 0) is 44.0 Å². The van der Waals surface area contributed by atoms with Crippen molar-refractivity contribution in [3.8, 4) is 5.75 Å². The summed E-state index contributed by atoms with van der Waals surface area (Å²) in [7, 11) is 3.90. The standard InChI is InChI=1S/C16H20ClN3O/c1-10-16(17)14(20(3)19-10)9-21-15-6-4-5-11-12(15)7-8-13(11)18-2/h4-6,13,18H,7-9H2,1-3H3. The van der Waals surface area contributed by atoms with Crippen LogP contribution in [-0.4, -0.2) is 16.8 Å². The molecule has 2 aromatic rings. The first-order valence-corrected chi connectivity index (χ1v) is 7.59. The fourth-order valence-corrected chi connectivity index (χ4v) is 3.25. The van der Waals surface area contributed by atoms with Gasteiger partial charge in [0, 0.05) is 13.1 Å². The molecule has 0 saturated heterocycles. The van der Waals surface area contributed by atoms with Gasteiger partial charge in [0.1, 0.15) is 12.4 Å². The Kier molecular flexibility index (Phi) is 3.91. The van der Waals surface area contributed by atoms with Crippen LogP contribution >= 0.6 is 11.6 Å². The molecule has 4 nitrogen and oxygen atoms in total. The predicted molar refractivity (Wildman–Crippen MR) is 83.9 cm³/mol. The smallest absolute Gasteiger partial charge is 0.131 e. The van der Waals surface area contributed by atoms with Gasteiger partial charge in [-0.3, -0.25) is 4.68 Å². The molecule has 0 aliphatic heterocycles. The van der Waals surface area contributed by atoms with Crippen molar-refractivity contribution in [1.82, 2.24) is 15.1 Å². The summed E-state index contributed by atoms with van der Waals surface area (Å²) in [6.07, 6.45) is 2.17. The van der Waals surface area contributed by atoms with Crippen LogP contribution in [0.2, 0.25) is 5.02 Å². The number of halogens is 1. The molecule has 0 bridgehead atoms. The third-order valence-electron chi connectivity index (χ3n) is 4.20. The molecular weight excluding hydrogens is 286 g/mol. The van der Waals surface area contributed by atoms with Crippen molar-refractivity contribution in [2.45, 2.75) is 32.4 Å². The lowest BCUT2D eigenvalue weighted by molar-refractivity contribution is 0.292. The van der Waals surface area contributed by atoms with Crippen LogP contribution in [0.4, 0.5) is 0 Å².